The monoisotopic (exact) mass is 403 g/mol. The van der Waals surface area contributed by atoms with Crippen LogP contribution in [0.2, 0.25) is 0 Å². The van der Waals surface area contributed by atoms with Crippen LogP contribution in [0.3, 0.4) is 0 Å². The quantitative estimate of drug-likeness (QED) is 0.691. The number of aromatic nitrogens is 1. The third-order valence-corrected chi connectivity index (χ3v) is 6.27. The molecule has 0 bridgehead atoms. The summed E-state index contributed by atoms with van der Waals surface area (Å²) in [5.74, 6) is 0.264. The molecular weight excluding hydrogens is 374 g/mol. The molecule has 0 unspecified atom stereocenters. The molecule has 156 valence electrons. The summed E-state index contributed by atoms with van der Waals surface area (Å²) in [5.41, 5.74) is 3.17. The van der Waals surface area contributed by atoms with Gasteiger partial charge in [-0.1, -0.05) is 49.2 Å². The van der Waals surface area contributed by atoms with Crippen LogP contribution < -0.4 is 0 Å². The predicted molar refractivity (Wildman–Crippen MR) is 118 cm³/mol. The fourth-order valence-electron chi connectivity index (χ4n) is 4.68. The number of nitrogens with zero attached hydrogens (tertiary/aromatic N) is 3. The number of carbonyl (C=O) groups excluding carboxylic acids is 2. The Balaban J connectivity index is 1.59. The van der Waals surface area contributed by atoms with E-state index in [0.29, 0.717) is 26.1 Å². The van der Waals surface area contributed by atoms with E-state index in [2.05, 4.69) is 23.7 Å². The van der Waals surface area contributed by atoms with Crippen LogP contribution in [0.25, 0.3) is 11.1 Å². The summed E-state index contributed by atoms with van der Waals surface area (Å²) in [6.45, 7) is 5.48. The SMILES string of the molecule is C=CCN1CCN(C(=O)C2CCCC2)[C@H](Cc2cccc(-c3cccnc3)c2)C1=O. The van der Waals surface area contributed by atoms with E-state index in [-0.39, 0.29) is 17.7 Å². The molecule has 1 aliphatic carbocycles. The minimum atomic E-state index is -0.448. The zero-order valence-corrected chi connectivity index (χ0v) is 17.4. The van der Waals surface area contributed by atoms with Gasteiger partial charge in [0.2, 0.25) is 11.8 Å². The highest BCUT2D eigenvalue weighted by Gasteiger charge is 2.39. The van der Waals surface area contributed by atoms with Gasteiger partial charge in [0.15, 0.2) is 0 Å². The summed E-state index contributed by atoms with van der Waals surface area (Å²) >= 11 is 0. The van der Waals surface area contributed by atoms with E-state index in [1.165, 1.54) is 0 Å². The van der Waals surface area contributed by atoms with Crippen LogP contribution in [0, 0.1) is 5.92 Å². The van der Waals surface area contributed by atoms with E-state index in [9.17, 15) is 9.59 Å². The molecule has 30 heavy (non-hydrogen) atoms. The van der Waals surface area contributed by atoms with Gasteiger partial charge in [-0.15, -0.1) is 6.58 Å². The number of hydrogen-bond acceptors (Lipinski definition) is 3. The Morgan fingerprint density at radius 1 is 1.13 bits per heavy atom. The number of pyridine rings is 1. The van der Waals surface area contributed by atoms with Crippen molar-refractivity contribution in [3.8, 4) is 11.1 Å². The van der Waals surface area contributed by atoms with Gasteiger partial charge >= 0.3 is 0 Å². The lowest BCUT2D eigenvalue weighted by molar-refractivity contribution is -0.153. The molecule has 5 nitrogen and oxygen atoms in total. The number of benzene rings is 1. The van der Waals surface area contributed by atoms with Crippen molar-refractivity contribution in [2.75, 3.05) is 19.6 Å². The average molecular weight is 404 g/mol. The van der Waals surface area contributed by atoms with Crippen molar-refractivity contribution < 1.29 is 9.59 Å². The average Bonchev–Trinajstić information content (AvgIpc) is 3.32. The molecule has 1 saturated carbocycles. The highest BCUT2D eigenvalue weighted by atomic mass is 16.2. The van der Waals surface area contributed by atoms with Crippen molar-refractivity contribution in [2.24, 2.45) is 5.92 Å². The van der Waals surface area contributed by atoms with E-state index < -0.39 is 6.04 Å². The first-order chi connectivity index (χ1) is 14.7. The lowest BCUT2D eigenvalue weighted by Gasteiger charge is -2.41. The molecule has 2 fully saturated rings. The number of hydrogen-bond donors (Lipinski definition) is 0. The maximum absolute atomic E-state index is 13.3. The Morgan fingerprint density at radius 3 is 2.67 bits per heavy atom. The van der Waals surface area contributed by atoms with Crippen molar-refractivity contribution in [3.63, 3.8) is 0 Å². The highest BCUT2D eigenvalue weighted by Crippen LogP contribution is 2.29. The van der Waals surface area contributed by atoms with E-state index in [0.717, 1.165) is 42.4 Å². The normalized spacial score (nSPS) is 19.9. The Hall–Kier alpha value is -2.95. The van der Waals surface area contributed by atoms with Crippen molar-refractivity contribution in [1.82, 2.24) is 14.8 Å². The Kier molecular flexibility index (Phi) is 6.26. The standard InChI is InChI=1S/C25H29N3O2/c1-2-13-27-14-15-28(24(29)20-8-3-4-9-20)23(25(27)30)17-19-7-5-10-21(16-19)22-11-6-12-26-18-22/h2,5-7,10-12,16,18,20,23H,1,3-4,8-9,13-15,17H2/t23-/m1/s1. The van der Waals surface area contributed by atoms with E-state index in [1.54, 1.807) is 12.3 Å². The highest BCUT2D eigenvalue weighted by molar-refractivity contribution is 5.90. The predicted octanol–water partition coefficient (Wildman–Crippen LogP) is 3.71. The summed E-state index contributed by atoms with van der Waals surface area (Å²) in [5, 5.41) is 0. The zero-order valence-electron chi connectivity index (χ0n) is 17.4. The molecule has 2 heterocycles. The minimum Gasteiger partial charge on any atom is -0.335 e. The van der Waals surface area contributed by atoms with Crippen molar-refractivity contribution in [3.05, 3.63) is 67.0 Å². The number of amides is 2. The minimum absolute atomic E-state index is 0.0271. The van der Waals surface area contributed by atoms with Gasteiger partial charge in [0, 0.05) is 44.4 Å². The second kappa shape index (κ2) is 9.24. The van der Waals surface area contributed by atoms with E-state index in [4.69, 9.17) is 0 Å². The first-order valence-electron chi connectivity index (χ1n) is 10.9. The van der Waals surface area contributed by atoms with E-state index in [1.807, 2.05) is 40.3 Å². The second-order valence-electron chi connectivity index (χ2n) is 8.25. The van der Waals surface area contributed by atoms with Crippen LogP contribution in [-0.4, -0.2) is 52.3 Å². The maximum Gasteiger partial charge on any atom is 0.246 e. The fourth-order valence-corrected chi connectivity index (χ4v) is 4.68. The molecule has 1 aliphatic heterocycles. The van der Waals surface area contributed by atoms with Gasteiger partial charge in [0.05, 0.1) is 0 Å². The summed E-state index contributed by atoms with van der Waals surface area (Å²) in [4.78, 5) is 34.4. The lowest BCUT2D eigenvalue weighted by Crippen LogP contribution is -2.60. The van der Waals surface area contributed by atoms with Crippen molar-refractivity contribution in [2.45, 2.75) is 38.1 Å². The van der Waals surface area contributed by atoms with Gasteiger partial charge in [-0.2, -0.15) is 0 Å². The smallest absolute Gasteiger partial charge is 0.246 e. The molecule has 0 spiro atoms. The molecule has 2 amide bonds. The third kappa shape index (κ3) is 4.30. The molecular formula is C25H29N3O2. The van der Waals surface area contributed by atoms with Crippen LogP contribution in [0.1, 0.15) is 31.2 Å². The third-order valence-electron chi connectivity index (χ3n) is 6.27. The molecule has 2 aliphatic rings. The summed E-state index contributed by atoms with van der Waals surface area (Å²) < 4.78 is 0. The molecule has 0 N–H and O–H groups in total. The first kappa shape index (κ1) is 20.3. The molecule has 1 aromatic carbocycles. The molecule has 1 atom stereocenters. The van der Waals surface area contributed by atoms with Gasteiger partial charge in [-0.25, -0.2) is 0 Å². The topological polar surface area (TPSA) is 53.5 Å². The lowest BCUT2D eigenvalue weighted by atomic mass is 9.96. The molecule has 2 aromatic rings. The molecule has 0 radical (unpaired) electrons. The van der Waals surface area contributed by atoms with Gasteiger partial charge < -0.3 is 9.80 Å². The summed E-state index contributed by atoms with van der Waals surface area (Å²) in [6.07, 6.45) is 10.00. The van der Waals surface area contributed by atoms with E-state index >= 15 is 0 Å². The molecule has 1 saturated heterocycles. The number of carbonyl (C=O) groups is 2. The van der Waals surface area contributed by atoms with Crippen molar-refractivity contribution >= 4 is 11.8 Å². The Morgan fingerprint density at radius 2 is 1.93 bits per heavy atom. The number of piperazine rings is 1. The second-order valence-corrected chi connectivity index (χ2v) is 8.25. The number of rotatable bonds is 6. The van der Waals surface area contributed by atoms with Gasteiger partial charge in [-0.3, -0.25) is 14.6 Å². The van der Waals surface area contributed by atoms with Crippen LogP contribution in [0.4, 0.5) is 0 Å². The largest absolute Gasteiger partial charge is 0.335 e. The van der Waals surface area contributed by atoms with Crippen LogP contribution >= 0.6 is 0 Å². The van der Waals surface area contributed by atoms with Gasteiger partial charge in [-0.05, 0) is 35.6 Å². The van der Waals surface area contributed by atoms with Crippen LogP contribution in [0.5, 0.6) is 0 Å². The van der Waals surface area contributed by atoms with Crippen LogP contribution in [0.15, 0.2) is 61.4 Å². The molecule has 4 rings (SSSR count). The van der Waals surface area contributed by atoms with Crippen molar-refractivity contribution in [1.29, 1.82) is 0 Å². The molecule has 5 heteroatoms. The van der Waals surface area contributed by atoms with Gasteiger partial charge in [0.25, 0.3) is 0 Å². The summed E-state index contributed by atoms with van der Waals surface area (Å²) in [6, 6.07) is 11.7. The molecule has 1 aromatic heterocycles. The zero-order chi connectivity index (χ0) is 20.9. The maximum atomic E-state index is 13.3. The Bertz CT molecular complexity index is 906. The fraction of sp³-hybridized carbons (Fsp3) is 0.400. The Labute approximate surface area is 178 Å². The van der Waals surface area contributed by atoms with Crippen LogP contribution in [-0.2, 0) is 16.0 Å². The summed E-state index contributed by atoms with van der Waals surface area (Å²) in [7, 11) is 0. The first-order valence-corrected chi connectivity index (χ1v) is 10.9. The van der Waals surface area contributed by atoms with Gasteiger partial charge in [0.1, 0.15) is 6.04 Å².